The molecule has 1 amide bonds. The molecule has 0 aliphatic rings. The van der Waals surface area contributed by atoms with E-state index >= 15 is 0 Å². The molecule has 3 aromatic rings. The summed E-state index contributed by atoms with van der Waals surface area (Å²) in [6.45, 7) is 2.31. The molecular formula is C19H19BrN4O2S. The van der Waals surface area contributed by atoms with Crippen molar-refractivity contribution < 1.29 is 4.79 Å². The van der Waals surface area contributed by atoms with Crippen LogP contribution in [0.4, 0.5) is 5.95 Å². The molecule has 0 saturated heterocycles. The van der Waals surface area contributed by atoms with Gasteiger partial charge >= 0.3 is 0 Å². The molecule has 27 heavy (non-hydrogen) atoms. The predicted molar refractivity (Wildman–Crippen MR) is 113 cm³/mol. The van der Waals surface area contributed by atoms with E-state index in [2.05, 4.69) is 31.8 Å². The van der Waals surface area contributed by atoms with Crippen molar-refractivity contribution in [2.45, 2.75) is 24.8 Å². The molecule has 2 aromatic carbocycles. The third-order valence-electron chi connectivity index (χ3n) is 3.91. The number of nitrogens with zero attached hydrogens (tertiary/aromatic N) is 2. The second-order valence-electron chi connectivity index (χ2n) is 5.70. The lowest BCUT2D eigenvalue weighted by Crippen LogP contribution is -2.34. The molecule has 0 fully saturated rings. The fourth-order valence-electron chi connectivity index (χ4n) is 2.56. The van der Waals surface area contributed by atoms with Gasteiger partial charge in [-0.15, -0.1) is 11.8 Å². The number of aromatic nitrogens is 2. The summed E-state index contributed by atoms with van der Waals surface area (Å²) >= 11 is 5.10. The SMILES string of the molecule is CCn1c(NNC(=O)CCSc2ccccc2Br)nc2ccccc2c1=O. The molecule has 1 heterocycles. The van der Waals surface area contributed by atoms with Crippen molar-refractivity contribution in [1.82, 2.24) is 15.0 Å². The van der Waals surface area contributed by atoms with Gasteiger partial charge in [0.2, 0.25) is 11.9 Å². The molecule has 0 radical (unpaired) electrons. The van der Waals surface area contributed by atoms with E-state index in [-0.39, 0.29) is 11.5 Å². The fraction of sp³-hybridized carbons (Fsp3) is 0.211. The fourth-order valence-corrected chi connectivity index (χ4v) is 4.08. The smallest absolute Gasteiger partial charge is 0.262 e. The molecule has 3 rings (SSSR count). The lowest BCUT2D eigenvalue weighted by atomic mass is 10.2. The van der Waals surface area contributed by atoms with Gasteiger partial charge in [-0.2, -0.15) is 0 Å². The summed E-state index contributed by atoms with van der Waals surface area (Å²) in [4.78, 5) is 30.2. The van der Waals surface area contributed by atoms with Crippen LogP contribution in [-0.4, -0.2) is 21.2 Å². The Balaban J connectivity index is 1.62. The van der Waals surface area contributed by atoms with Crippen LogP contribution in [0.25, 0.3) is 10.9 Å². The molecule has 0 atom stereocenters. The van der Waals surface area contributed by atoms with E-state index in [1.807, 2.05) is 43.3 Å². The Bertz CT molecular complexity index is 1020. The van der Waals surface area contributed by atoms with Crippen LogP contribution in [0.3, 0.4) is 0 Å². The van der Waals surface area contributed by atoms with Crippen molar-refractivity contribution in [3.05, 3.63) is 63.4 Å². The van der Waals surface area contributed by atoms with Gasteiger partial charge in [0.1, 0.15) is 0 Å². The lowest BCUT2D eigenvalue weighted by Gasteiger charge is -2.14. The summed E-state index contributed by atoms with van der Waals surface area (Å²) in [7, 11) is 0. The first-order valence-corrected chi connectivity index (χ1v) is 10.3. The van der Waals surface area contributed by atoms with Crippen molar-refractivity contribution in [1.29, 1.82) is 0 Å². The van der Waals surface area contributed by atoms with Gasteiger partial charge in [0, 0.05) is 28.1 Å². The molecule has 0 saturated carbocycles. The number of thioether (sulfide) groups is 1. The second kappa shape index (κ2) is 9.05. The van der Waals surface area contributed by atoms with E-state index in [1.54, 1.807) is 23.9 Å². The van der Waals surface area contributed by atoms with Gasteiger partial charge in [-0.05, 0) is 47.1 Å². The third-order valence-corrected chi connectivity index (χ3v) is 5.94. The zero-order chi connectivity index (χ0) is 19.2. The number of hydrogen-bond acceptors (Lipinski definition) is 5. The van der Waals surface area contributed by atoms with Crippen LogP contribution in [0.2, 0.25) is 0 Å². The number of carbonyl (C=O) groups excluding carboxylic acids is 1. The Morgan fingerprint density at radius 3 is 2.70 bits per heavy atom. The molecule has 1 aromatic heterocycles. The number of fused-ring (bicyclic) bond motifs is 1. The van der Waals surface area contributed by atoms with E-state index < -0.39 is 0 Å². The van der Waals surface area contributed by atoms with Crippen molar-refractivity contribution in [3.8, 4) is 0 Å². The van der Waals surface area contributed by atoms with Gasteiger partial charge in [0.05, 0.1) is 10.9 Å². The number of rotatable bonds is 7. The maximum Gasteiger partial charge on any atom is 0.262 e. The third kappa shape index (κ3) is 4.70. The number of benzene rings is 2. The zero-order valence-corrected chi connectivity index (χ0v) is 17.1. The molecular weight excluding hydrogens is 428 g/mol. The van der Waals surface area contributed by atoms with Gasteiger partial charge < -0.3 is 0 Å². The second-order valence-corrected chi connectivity index (χ2v) is 7.70. The quantitative estimate of drug-likeness (QED) is 0.426. The van der Waals surface area contributed by atoms with Crippen molar-refractivity contribution in [2.75, 3.05) is 11.2 Å². The van der Waals surface area contributed by atoms with Crippen LogP contribution in [0.1, 0.15) is 13.3 Å². The number of nitrogens with one attached hydrogen (secondary N) is 2. The topological polar surface area (TPSA) is 76.0 Å². The molecule has 0 aliphatic heterocycles. The van der Waals surface area contributed by atoms with Crippen LogP contribution in [0.15, 0.2) is 62.7 Å². The highest BCUT2D eigenvalue weighted by Crippen LogP contribution is 2.27. The van der Waals surface area contributed by atoms with Gasteiger partial charge in [0.15, 0.2) is 0 Å². The molecule has 8 heteroatoms. The Morgan fingerprint density at radius 1 is 1.19 bits per heavy atom. The predicted octanol–water partition coefficient (Wildman–Crippen LogP) is 3.80. The molecule has 6 nitrogen and oxygen atoms in total. The average Bonchev–Trinajstić information content (AvgIpc) is 2.68. The standard InChI is InChI=1S/C19H19BrN4O2S/c1-2-24-18(26)13-7-3-5-9-15(13)21-19(24)23-22-17(25)11-12-27-16-10-6-4-8-14(16)20/h3-10H,2,11-12H2,1H3,(H,21,23)(H,22,25). The Labute approximate surface area is 169 Å². The number of halogens is 1. The maximum atomic E-state index is 12.5. The zero-order valence-electron chi connectivity index (χ0n) is 14.7. The first kappa shape index (κ1) is 19.4. The lowest BCUT2D eigenvalue weighted by molar-refractivity contribution is -0.120. The monoisotopic (exact) mass is 446 g/mol. The number of carbonyl (C=O) groups is 1. The summed E-state index contributed by atoms with van der Waals surface area (Å²) in [6.07, 6.45) is 0.336. The largest absolute Gasteiger partial charge is 0.277 e. The Morgan fingerprint density at radius 2 is 1.93 bits per heavy atom. The molecule has 140 valence electrons. The van der Waals surface area contributed by atoms with E-state index in [9.17, 15) is 9.59 Å². The summed E-state index contributed by atoms with van der Waals surface area (Å²) in [5, 5.41) is 0.557. The number of hydrogen-bond donors (Lipinski definition) is 2. The number of anilines is 1. The Hall–Kier alpha value is -2.32. The van der Waals surface area contributed by atoms with E-state index in [0.29, 0.717) is 35.6 Å². The van der Waals surface area contributed by atoms with E-state index in [0.717, 1.165) is 9.37 Å². The minimum atomic E-state index is -0.167. The summed E-state index contributed by atoms with van der Waals surface area (Å²) < 4.78 is 2.51. The summed E-state index contributed by atoms with van der Waals surface area (Å²) in [6, 6.07) is 15.0. The van der Waals surface area contributed by atoms with Crippen LogP contribution < -0.4 is 16.4 Å². The van der Waals surface area contributed by atoms with Gasteiger partial charge in [-0.25, -0.2) is 4.98 Å². The molecule has 0 aliphatic carbocycles. The number of para-hydroxylation sites is 1. The number of hydrazine groups is 1. The highest BCUT2D eigenvalue weighted by Gasteiger charge is 2.10. The molecule has 0 spiro atoms. The van der Waals surface area contributed by atoms with Crippen LogP contribution in [0, 0.1) is 0 Å². The average molecular weight is 447 g/mol. The molecule has 0 unspecified atom stereocenters. The van der Waals surface area contributed by atoms with Gasteiger partial charge in [-0.1, -0.05) is 24.3 Å². The van der Waals surface area contributed by atoms with Gasteiger partial charge in [0.25, 0.3) is 5.56 Å². The van der Waals surface area contributed by atoms with E-state index in [4.69, 9.17) is 0 Å². The number of amides is 1. The highest BCUT2D eigenvalue weighted by molar-refractivity contribution is 9.10. The highest BCUT2D eigenvalue weighted by atomic mass is 79.9. The van der Waals surface area contributed by atoms with Crippen molar-refractivity contribution >= 4 is 50.5 Å². The van der Waals surface area contributed by atoms with Crippen molar-refractivity contribution in [2.24, 2.45) is 0 Å². The summed E-state index contributed by atoms with van der Waals surface area (Å²) in [5.41, 5.74) is 5.88. The van der Waals surface area contributed by atoms with Crippen LogP contribution in [0.5, 0.6) is 0 Å². The van der Waals surface area contributed by atoms with Crippen LogP contribution >= 0.6 is 27.7 Å². The normalized spacial score (nSPS) is 10.7. The maximum absolute atomic E-state index is 12.5. The minimum absolute atomic E-state index is 0.135. The Kier molecular flexibility index (Phi) is 6.52. The van der Waals surface area contributed by atoms with Crippen molar-refractivity contribution in [3.63, 3.8) is 0 Å². The molecule has 2 N–H and O–H groups in total. The first-order valence-electron chi connectivity index (χ1n) is 8.52. The van der Waals surface area contributed by atoms with Gasteiger partial charge in [-0.3, -0.25) is 25.0 Å². The first-order chi connectivity index (χ1) is 13.1. The summed E-state index contributed by atoms with van der Waals surface area (Å²) in [5.74, 6) is 0.801. The van der Waals surface area contributed by atoms with Crippen LogP contribution in [-0.2, 0) is 11.3 Å². The minimum Gasteiger partial charge on any atom is -0.277 e. The van der Waals surface area contributed by atoms with E-state index in [1.165, 1.54) is 4.57 Å². The molecule has 0 bridgehead atoms.